The van der Waals surface area contributed by atoms with E-state index in [-0.39, 0.29) is 0 Å². The van der Waals surface area contributed by atoms with Crippen LogP contribution < -0.4 is 5.32 Å². The van der Waals surface area contributed by atoms with Crippen LogP contribution in [0, 0.1) is 0 Å². The van der Waals surface area contributed by atoms with E-state index in [1.165, 1.54) is 5.56 Å². The standard InChI is InChI=1S/C13H15Cl2NS/c1-8(2)16-6-5-9-7-17-13-11(15)4-3-10(14)12(9)13/h3-4,7-8,16H,5-6H2,1-2H3. The normalized spacial score (nSPS) is 11.6. The van der Waals surface area contributed by atoms with Crippen molar-refractivity contribution in [2.24, 2.45) is 0 Å². The molecule has 0 fully saturated rings. The van der Waals surface area contributed by atoms with Crippen molar-refractivity contribution in [3.05, 3.63) is 33.1 Å². The predicted molar refractivity (Wildman–Crippen MR) is 78.7 cm³/mol. The molecule has 2 rings (SSSR count). The highest BCUT2D eigenvalue weighted by atomic mass is 35.5. The van der Waals surface area contributed by atoms with Gasteiger partial charge in [0, 0.05) is 16.5 Å². The first kappa shape index (κ1) is 13.2. The van der Waals surface area contributed by atoms with Crippen molar-refractivity contribution < 1.29 is 0 Å². The van der Waals surface area contributed by atoms with E-state index in [1.54, 1.807) is 11.3 Å². The molecule has 0 saturated carbocycles. The number of nitrogens with one attached hydrogen (secondary N) is 1. The summed E-state index contributed by atoms with van der Waals surface area (Å²) in [5.74, 6) is 0. The fourth-order valence-electron chi connectivity index (χ4n) is 1.82. The Bertz CT molecular complexity index is 519. The Kier molecular flexibility index (Phi) is 4.31. The second-order valence-electron chi connectivity index (χ2n) is 4.35. The van der Waals surface area contributed by atoms with Crippen LogP contribution in [0.3, 0.4) is 0 Å². The number of hydrogen-bond acceptors (Lipinski definition) is 2. The molecule has 17 heavy (non-hydrogen) atoms. The SMILES string of the molecule is CC(C)NCCc1csc2c(Cl)ccc(Cl)c12. The largest absolute Gasteiger partial charge is 0.314 e. The minimum Gasteiger partial charge on any atom is -0.314 e. The fourth-order valence-corrected chi connectivity index (χ4v) is 3.48. The van der Waals surface area contributed by atoms with Crippen molar-refractivity contribution in [2.45, 2.75) is 26.3 Å². The number of halogens is 2. The number of hydrogen-bond donors (Lipinski definition) is 1. The molecule has 1 N–H and O–H groups in total. The summed E-state index contributed by atoms with van der Waals surface area (Å²) in [5.41, 5.74) is 1.28. The first-order chi connectivity index (χ1) is 8.09. The Hall–Kier alpha value is -0.280. The molecule has 1 nitrogen and oxygen atoms in total. The zero-order valence-electron chi connectivity index (χ0n) is 9.89. The minimum absolute atomic E-state index is 0.513. The van der Waals surface area contributed by atoms with E-state index in [0.717, 1.165) is 33.1 Å². The van der Waals surface area contributed by atoms with Gasteiger partial charge in [0.15, 0.2) is 0 Å². The Morgan fingerprint density at radius 2 is 1.94 bits per heavy atom. The Morgan fingerprint density at radius 1 is 1.24 bits per heavy atom. The van der Waals surface area contributed by atoms with E-state index < -0.39 is 0 Å². The van der Waals surface area contributed by atoms with Crippen LogP contribution in [0.5, 0.6) is 0 Å². The van der Waals surface area contributed by atoms with Gasteiger partial charge in [-0.2, -0.15) is 0 Å². The molecular formula is C13H15Cl2NS. The van der Waals surface area contributed by atoms with E-state index in [9.17, 15) is 0 Å². The molecule has 1 aromatic heterocycles. The highest BCUT2D eigenvalue weighted by Crippen LogP contribution is 2.37. The predicted octanol–water partition coefficient (Wildman–Crippen LogP) is 4.75. The minimum atomic E-state index is 0.513. The molecular weight excluding hydrogens is 273 g/mol. The fraction of sp³-hybridized carbons (Fsp3) is 0.385. The number of rotatable bonds is 4. The molecule has 0 atom stereocenters. The molecule has 0 aliphatic carbocycles. The first-order valence-corrected chi connectivity index (χ1v) is 7.30. The third kappa shape index (κ3) is 2.94. The van der Waals surface area contributed by atoms with Gasteiger partial charge in [0.2, 0.25) is 0 Å². The average Bonchev–Trinajstić information content (AvgIpc) is 2.68. The molecule has 0 unspecified atom stereocenters. The maximum atomic E-state index is 6.24. The summed E-state index contributed by atoms with van der Waals surface area (Å²) in [5, 5.41) is 8.27. The van der Waals surface area contributed by atoms with Gasteiger partial charge in [-0.3, -0.25) is 0 Å². The van der Waals surface area contributed by atoms with Crippen molar-refractivity contribution in [3.63, 3.8) is 0 Å². The van der Waals surface area contributed by atoms with E-state index >= 15 is 0 Å². The van der Waals surface area contributed by atoms with Crippen LogP contribution in [-0.2, 0) is 6.42 Å². The summed E-state index contributed by atoms with van der Waals surface area (Å²) in [7, 11) is 0. The van der Waals surface area contributed by atoms with Crippen LogP contribution >= 0.6 is 34.5 Å². The molecule has 1 aromatic carbocycles. The Labute approximate surface area is 116 Å². The monoisotopic (exact) mass is 287 g/mol. The lowest BCUT2D eigenvalue weighted by molar-refractivity contribution is 0.591. The molecule has 92 valence electrons. The van der Waals surface area contributed by atoms with E-state index in [4.69, 9.17) is 23.2 Å². The summed E-state index contributed by atoms with van der Waals surface area (Å²) in [6.45, 7) is 5.26. The van der Waals surface area contributed by atoms with Crippen LogP contribution in [0.1, 0.15) is 19.4 Å². The Morgan fingerprint density at radius 3 is 2.65 bits per heavy atom. The summed E-state index contributed by atoms with van der Waals surface area (Å²) >= 11 is 14.1. The molecule has 1 heterocycles. The van der Waals surface area contributed by atoms with Gasteiger partial charge >= 0.3 is 0 Å². The summed E-state index contributed by atoms with van der Waals surface area (Å²) in [6, 6.07) is 4.25. The summed E-state index contributed by atoms with van der Waals surface area (Å²) in [4.78, 5) is 0. The highest BCUT2D eigenvalue weighted by Gasteiger charge is 2.10. The number of benzene rings is 1. The summed E-state index contributed by atoms with van der Waals surface area (Å²) in [6.07, 6.45) is 0.984. The zero-order valence-corrected chi connectivity index (χ0v) is 12.2. The van der Waals surface area contributed by atoms with E-state index in [0.29, 0.717) is 6.04 Å². The molecule has 0 amide bonds. The molecule has 0 aliphatic rings. The topological polar surface area (TPSA) is 12.0 Å². The zero-order chi connectivity index (χ0) is 12.4. The van der Waals surface area contributed by atoms with Crippen LogP contribution in [0.25, 0.3) is 10.1 Å². The van der Waals surface area contributed by atoms with Crippen molar-refractivity contribution >= 4 is 44.6 Å². The van der Waals surface area contributed by atoms with E-state index in [2.05, 4.69) is 24.5 Å². The van der Waals surface area contributed by atoms with Crippen LogP contribution in [0.4, 0.5) is 0 Å². The maximum absolute atomic E-state index is 6.24. The van der Waals surface area contributed by atoms with Crippen molar-refractivity contribution in [1.82, 2.24) is 5.32 Å². The van der Waals surface area contributed by atoms with E-state index in [1.807, 2.05) is 12.1 Å². The van der Waals surface area contributed by atoms with Gasteiger partial charge < -0.3 is 5.32 Å². The smallest absolute Gasteiger partial charge is 0.0585 e. The molecule has 0 radical (unpaired) electrons. The lowest BCUT2D eigenvalue weighted by atomic mass is 10.1. The summed E-state index contributed by atoms with van der Waals surface area (Å²) < 4.78 is 1.10. The van der Waals surface area contributed by atoms with Gasteiger partial charge in [-0.1, -0.05) is 37.0 Å². The molecule has 0 bridgehead atoms. The van der Waals surface area contributed by atoms with Crippen molar-refractivity contribution in [1.29, 1.82) is 0 Å². The second-order valence-corrected chi connectivity index (χ2v) is 6.05. The van der Waals surface area contributed by atoms with Crippen molar-refractivity contribution in [2.75, 3.05) is 6.54 Å². The van der Waals surface area contributed by atoms with Crippen LogP contribution in [0.2, 0.25) is 10.0 Å². The van der Waals surface area contributed by atoms with Gasteiger partial charge in [0.1, 0.15) is 0 Å². The lowest BCUT2D eigenvalue weighted by Gasteiger charge is -2.07. The molecule has 0 saturated heterocycles. The third-order valence-corrected chi connectivity index (χ3v) is 4.45. The number of fused-ring (bicyclic) bond motifs is 1. The van der Waals surface area contributed by atoms with Gasteiger partial charge in [-0.15, -0.1) is 11.3 Å². The number of thiophene rings is 1. The lowest BCUT2D eigenvalue weighted by Crippen LogP contribution is -2.24. The Balaban J connectivity index is 2.26. The van der Waals surface area contributed by atoms with Crippen LogP contribution in [0.15, 0.2) is 17.5 Å². The van der Waals surface area contributed by atoms with Gasteiger partial charge in [-0.05, 0) is 36.0 Å². The average molecular weight is 288 g/mol. The van der Waals surface area contributed by atoms with Crippen molar-refractivity contribution in [3.8, 4) is 0 Å². The molecule has 0 aliphatic heterocycles. The third-order valence-electron chi connectivity index (χ3n) is 2.65. The molecule has 0 spiro atoms. The maximum Gasteiger partial charge on any atom is 0.0585 e. The van der Waals surface area contributed by atoms with Gasteiger partial charge in [-0.25, -0.2) is 0 Å². The first-order valence-electron chi connectivity index (χ1n) is 5.67. The second kappa shape index (κ2) is 5.57. The quantitative estimate of drug-likeness (QED) is 0.856. The van der Waals surface area contributed by atoms with Gasteiger partial charge in [0.05, 0.1) is 9.72 Å². The van der Waals surface area contributed by atoms with Crippen LogP contribution in [-0.4, -0.2) is 12.6 Å². The molecule has 4 heteroatoms. The molecule has 2 aromatic rings. The van der Waals surface area contributed by atoms with Gasteiger partial charge in [0.25, 0.3) is 0 Å². The highest BCUT2D eigenvalue weighted by molar-refractivity contribution is 7.18.